The van der Waals surface area contributed by atoms with E-state index in [1.54, 1.807) is 0 Å². The summed E-state index contributed by atoms with van der Waals surface area (Å²) in [6.07, 6.45) is 0. The minimum Gasteiger partial charge on any atom is -0.480 e. The summed E-state index contributed by atoms with van der Waals surface area (Å²) >= 11 is 0. The predicted molar refractivity (Wildman–Crippen MR) is 112 cm³/mol. The number of carbonyl (C=O) groups is 2. The Balaban J connectivity index is 2.13. The fourth-order valence-corrected chi connectivity index (χ4v) is 3.59. The van der Waals surface area contributed by atoms with Crippen molar-refractivity contribution in [2.75, 3.05) is 78.7 Å². The summed E-state index contributed by atoms with van der Waals surface area (Å²) in [5.74, 6) is -1.73. The van der Waals surface area contributed by atoms with E-state index in [0.29, 0.717) is 26.2 Å². The molecule has 0 radical (unpaired) electrons. The van der Waals surface area contributed by atoms with Gasteiger partial charge in [-0.1, -0.05) is 12.1 Å². The second-order valence-electron chi connectivity index (χ2n) is 7.79. The number of nitrogen functional groups attached to an aromatic ring is 1. The lowest BCUT2D eigenvalue weighted by Crippen LogP contribution is -2.42. The summed E-state index contributed by atoms with van der Waals surface area (Å²) in [6.45, 7) is 4.50. The maximum Gasteiger partial charge on any atom is 0.317 e. The highest BCUT2D eigenvalue weighted by Crippen LogP contribution is 2.21. The lowest BCUT2D eigenvalue weighted by Gasteiger charge is -2.32. The molecule has 1 aromatic rings. The van der Waals surface area contributed by atoms with Crippen molar-refractivity contribution in [2.45, 2.75) is 6.04 Å². The van der Waals surface area contributed by atoms with Crippen LogP contribution in [0.5, 0.6) is 0 Å². The first-order valence-corrected chi connectivity index (χ1v) is 9.87. The van der Waals surface area contributed by atoms with E-state index >= 15 is 0 Å². The van der Waals surface area contributed by atoms with E-state index in [1.165, 1.54) is 0 Å². The number of rotatable bonds is 8. The van der Waals surface area contributed by atoms with Gasteiger partial charge in [0.25, 0.3) is 0 Å². The van der Waals surface area contributed by atoms with Crippen molar-refractivity contribution in [1.82, 2.24) is 19.6 Å². The molecule has 1 heterocycles. The highest BCUT2D eigenvalue weighted by Gasteiger charge is 2.23. The first kappa shape index (κ1) is 23.1. The van der Waals surface area contributed by atoms with E-state index < -0.39 is 11.9 Å². The zero-order valence-corrected chi connectivity index (χ0v) is 17.3. The third-order valence-electron chi connectivity index (χ3n) is 5.29. The van der Waals surface area contributed by atoms with Gasteiger partial charge in [0, 0.05) is 57.5 Å². The van der Waals surface area contributed by atoms with E-state index in [1.807, 2.05) is 48.2 Å². The Morgan fingerprint density at radius 2 is 1.31 bits per heavy atom. The van der Waals surface area contributed by atoms with Crippen molar-refractivity contribution in [2.24, 2.45) is 0 Å². The molecule has 0 aliphatic carbocycles. The van der Waals surface area contributed by atoms with Crippen LogP contribution in [-0.2, 0) is 9.59 Å². The van der Waals surface area contributed by atoms with Crippen LogP contribution in [0.1, 0.15) is 11.6 Å². The molecule has 0 amide bonds. The van der Waals surface area contributed by atoms with Crippen LogP contribution in [0.4, 0.5) is 5.69 Å². The Morgan fingerprint density at radius 1 is 0.897 bits per heavy atom. The van der Waals surface area contributed by atoms with Crippen molar-refractivity contribution in [1.29, 1.82) is 0 Å². The zero-order chi connectivity index (χ0) is 21.4. The molecule has 0 aromatic heterocycles. The molecule has 2 rings (SSSR count). The summed E-state index contributed by atoms with van der Waals surface area (Å²) in [7, 11) is 4.06. The maximum absolute atomic E-state index is 11.2. The van der Waals surface area contributed by atoms with Crippen LogP contribution in [0, 0.1) is 0 Å². The van der Waals surface area contributed by atoms with Gasteiger partial charge in [0.05, 0.1) is 13.1 Å². The molecule has 1 aliphatic heterocycles. The van der Waals surface area contributed by atoms with Crippen molar-refractivity contribution >= 4 is 17.6 Å². The summed E-state index contributed by atoms with van der Waals surface area (Å²) in [4.78, 5) is 30.6. The number of hydrogen-bond donors (Lipinski definition) is 3. The van der Waals surface area contributed by atoms with E-state index in [-0.39, 0.29) is 19.1 Å². The predicted octanol–water partition coefficient (Wildman–Crippen LogP) is -0.0397. The summed E-state index contributed by atoms with van der Waals surface area (Å²) < 4.78 is 0. The summed E-state index contributed by atoms with van der Waals surface area (Å²) in [5.41, 5.74) is 7.71. The smallest absolute Gasteiger partial charge is 0.317 e. The Kier molecular flexibility index (Phi) is 8.84. The van der Waals surface area contributed by atoms with Gasteiger partial charge < -0.3 is 20.8 Å². The third-order valence-corrected chi connectivity index (χ3v) is 5.29. The Morgan fingerprint density at radius 3 is 1.69 bits per heavy atom. The average Bonchev–Trinajstić information content (AvgIpc) is 2.72. The molecule has 1 saturated heterocycles. The fourth-order valence-electron chi connectivity index (χ4n) is 3.59. The SMILES string of the molecule is CN(C)C(CN1CCN(CC(=O)O)CCN(CC(=O)O)CC1)c1ccc(N)cc1. The number of nitrogens with zero attached hydrogens (tertiary/aromatic N) is 4. The molecule has 162 valence electrons. The van der Waals surface area contributed by atoms with Crippen molar-refractivity contribution < 1.29 is 19.8 Å². The van der Waals surface area contributed by atoms with E-state index in [4.69, 9.17) is 5.73 Å². The minimum absolute atomic E-state index is 0.0379. The van der Waals surface area contributed by atoms with E-state index in [2.05, 4.69) is 9.80 Å². The van der Waals surface area contributed by atoms with Gasteiger partial charge in [-0.2, -0.15) is 0 Å². The van der Waals surface area contributed by atoms with Gasteiger partial charge in [0.15, 0.2) is 0 Å². The maximum atomic E-state index is 11.2. The molecule has 1 aliphatic rings. The highest BCUT2D eigenvalue weighted by atomic mass is 16.4. The summed E-state index contributed by atoms with van der Waals surface area (Å²) in [5, 5.41) is 18.4. The number of carboxylic acids is 2. The first-order chi connectivity index (χ1) is 13.7. The molecule has 0 spiro atoms. The topological polar surface area (TPSA) is 114 Å². The lowest BCUT2D eigenvalue weighted by molar-refractivity contribution is -0.140. The average molecular weight is 408 g/mol. The third kappa shape index (κ3) is 7.98. The standard InChI is InChI=1S/C20H33N5O4/c1-22(2)18(16-3-5-17(21)6-4-16)13-23-7-9-24(14-19(26)27)11-12-25(10-8-23)15-20(28)29/h3-6,18H,7-15,21H2,1-2H3,(H,26,27)(H,28,29). The van der Waals surface area contributed by atoms with E-state index in [0.717, 1.165) is 30.9 Å². The zero-order valence-electron chi connectivity index (χ0n) is 17.3. The molecule has 29 heavy (non-hydrogen) atoms. The Hall–Kier alpha value is -2.20. The molecule has 1 atom stereocenters. The number of aliphatic carboxylic acids is 2. The van der Waals surface area contributed by atoms with Crippen molar-refractivity contribution in [3.8, 4) is 0 Å². The molecule has 1 aromatic carbocycles. The van der Waals surface area contributed by atoms with Crippen LogP contribution in [0.3, 0.4) is 0 Å². The molecule has 0 bridgehead atoms. The van der Waals surface area contributed by atoms with Gasteiger partial charge in [-0.15, -0.1) is 0 Å². The van der Waals surface area contributed by atoms with Gasteiger partial charge >= 0.3 is 11.9 Å². The van der Waals surface area contributed by atoms with Crippen molar-refractivity contribution in [3.05, 3.63) is 29.8 Å². The van der Waals surface area contributed by atoms with Crippen molar-refractivity contribution in [3.63, 3.8) is 0 Å². The second kappa shape index (κ2) is 11.1. The number of likely N-dealkylation sites (N-methyl/N-ethyl adjacent to an activating group) is 1. The second-order valence-corrected chi connectivity index (χ2v) is 7.79. The van der Waals surface area contributed by atoms with Gasteiger partial charge in [-0.3, -0.25) is 24.3 Å². The van der Waals surface area contributed by atoms with Crippen LogP contribution >= 0.6 is 0 Å². The molecule has 1 unspecified atom stereocenters. The van der Waals surface area contributed by atoms with Gasteiger partial charge in [0.1, 0.15) is 0 Å². The van der Waals surface area contributed by atoms with Gasteiger partial charge in [-0.05, 0) is 31.8 Å². The molecule has 9 heteroatoms. The number of benzene rings is 1. The Labute approximate surface area is 172 Å². The monoisotopic (exact) mass is 407 g/mol. The number of hydrogen-bond acceptors (Lipinski definition) is 7. The first-order valence-electron chi connectivity index (χ1n) is 9.87. The molecule has 0 saturated carbocycles. The normalized spacial score (nSPS) is 18.7. The molecular formula is C20H33N5O4. The largest absolute Gasteiger partial charge is 0.480 e. The summed E-state index contributed by atoms with van der Waals surface area (Å²) in [6, 6.07) is 8.01. The number of nitrogens with two attached hydrogens (primary N) is 1. The minimum atomic E-state index is -0.867. The van der Waals surface area contributed by atoms with Gasteiger partial charge in [-0.25, -0.2) is 0 Å². The number of anilines is 1. The van der Waals surface area contributed by atoms with Crippen LogP contribution in [-0.4, -0.2) is 115 Å². The molecule has 1 fully saturated rings. The van der Waals surface area contributed by atoms with Crippen LogP contribution in [0.15, 0.2) is 24.3 Å². The van der Waals surface area contributed by atoms with Crippen LogP contribution in [0.25, 0.3) is 0 Å². The quantitative estimate of drug-likeness (QED) is 0.511. The molecule has 4 N–H and O–H groups in total. The fraction of sp³-hybridized carbons (Fsp3) is 0.600. The molecule has 9 nitrogen and oxygen atoms in total. The van der Waals surface area contributed by atoms with Crippen LogP contribution < -0.4 is 5.73 Å². The van der Waals surface area contributed by atoms with Gasteiger partial charge in [0.2, 0.25) is 0 Å². The molecular weight excluding hydrogens is 374 g/mol. The highest BCUT2D eigenvalue weighted by molar-refractivity contribution is 5.69. The Bertz CT molecular complexity index is 639. The van der Waals surface area contributed by atoms with E-state index in [9.17, 15) is 19.8 Å². The number of carboxylic acid groups (broad SMARTS) is 2. The lowest BCUT2D eigenvalue weighted by atomic mass is 10.0. The van der Waals surface area contributed by atoms with Crippen LogP contribution in [0.2, 0.25) is 0 Å².